The molecule has 2 rings (SSSR count). The summed E-state index contributed by atoms with van der Waals surface area (Å²) in [6, 6.07) is 11.4. The number of carbonyl (C=O) groups is 2. The van der Waals surface area contributed by atoms with Gasteiger partial charge in [0.05, 0.1) is 18.4 Å². The van der Waals surface area contributed by atoms with Crippen LogP contribution in [0.25, 0.3) is 0 Å². The van der Waals surface area contributed by atoms with Gasteiger partial charge < -0.3 is 15.0 Å². The summed E-state index contributed by atoms with van der Waals surface area (Å²) in [6.07, 6.45) is -4.76. The second-order valence-corrected chi connectivity index (χ2v) is 5.71. The van der Waals surface area contributed by atoms with E-state index in [4.69, 9.17) is 4.74 Å². The number of hydrogen-bond donors (Lipinski definition) is 1. The maximum atomic E-state index is 13.2. The maximum absolute atomic E-state index is 13.2. The van der Waals surface area contributed by atoms with E-state index in [-0.39, 0.29) is 18.7 Å². The van der Waals surface area contributed by atoms with E-state index >= 15 is 0 Å². The smallest absolute Gasteiger partial charge is 0.418 e. The van der Waals surface area contributed by atoms with Crippen LogP contribution in [0.5, 0.6) is 5.75 Å². The average molecular weight is 380 g/mol. The lowest BCUT2D eigenvalue weighted by atomic mass is 10.1. The zero-order valence-electron chi connectivity index (χ0n) is 14.8. The number of methoxy groups -OCH3 is 1. The fourth-order valence-electron chi connectivity index (χ4n) is 2.51. The molecule has 0 aliphatic heterocycles. The SMILES string of the molecule is COc1ccc(NC(=O)CCN(C(C)=O)c2ccccc2C(F)(F)F)cc1. The monoisotopic (exact) mass is 380 g/mol. The van der Waals surface area contributed by atoms with Crippen LogP contribution in [0.3, 0.4) is 0 Å². The number of para-hydroxylation sites is 1. The van der Waals surface area contributed by atoms with Gasteiger partial charge in [0.1, 0.15) is 5.75 Å². The van der Waals surface area contributed by atoms with Gasteiger partial charge in [-0.3, -0.25) is 9.59 Å². The molecule has 27 heavy (non-hydrogen) atoms. The first kappa shape index (κ1) is 20.3. The molecule has 0 aliphatic rings. The van der Waals surface area contributed by atoms with E-state index < -0.39 is 23.6 Å². The summed E-state index contributed by atoms with van der Waals surface area (Å²) in [5.74, 6) is -0.376. The Kier molecular flexibility index (Phi) is 6.44. The summed E-state index contributed by atoms with van der Waals surface area (Å²) < 4.78 is 44.6. The lowest BCUT2D eigenvalue weighted by Gasteiger charge is -2.24. The fraction of sp³-hybridized carbons (Fsp3) is 0.263. The summed E-state index contributed by atoms with van der Waals surface area (Å²) in [5, 5.41) is 2.63. The molecule has 2 aromatic rings. The van der Waals surface area contributed by atoms with Gasteiger partial charge in [-0.25, -0.2) is 0 Å². The summed E-state index contributed by atoms with van der Waals surface area (Å²) >= 11 is 0. The molecule has 2 amide bonds. The molecule has 0 aliphatic carbocycles. The van der Waals surface area contributed by atoms with Crippen molar-refractivity contribution in [2.75, 3.05) is 23.9 Å². The van der Waals surface area contributed by atoms with Crippen LogP contribution in [0, 0.1) is 0 Å². The first-order chi connectivity index (χ1) is 12.7. The van der Waals surface area contributed by atoms with E-state index in [1.165, 1.54) is 25.3 Å². The second-order valence-electron chi connectivity index (χ2n) is 5.71. The molecule has 0 unspecified atom stereocenters. The van der Waals surface area contributed by atoms with Crippen LogP contribution in [-0.4, -0.2) is 25.5 Å². The van der Waals surface area contributed by atoms with Crippen molar-refractivity contribution in [3.8, 4) is 5.75 Å². The van der Waals surface area contributed by atoms with Crippen molar-refractivity contribution in [1.29, 1.82) is 0 Å². The van der Waals surface area contributed by atoms with Gasteiger partial charge in [0.15, 0.2) is 0 Å². The molecule has 0 spiro atoms. The number of nitrogens with zero attached hydrogens (tertiary/aromatic N) is 1. The molecule has 0 saturated heterocycles. The van der Waals surface area contributed by atoms with Crippen molar-refractivity contribution in [3.05, 3.63) is 54.1 Å². The van der Waals surface area contributed by atoms with Crippen molar-refractivity contribution >= 4 is 23.2 Å². The number of benzene rings is 2. The Hall–Kier alpha value is -3.03. The van der Waals surface area contributed by atoms with Crippen LogP contribution < -0.4 is 15.0 Å². The molecule has 0 bridgehead atoms. The highest BCUT2D eigenvalue weighted by molar-refractivity contribution is 5.95. The third kappa shape index (κ3) is 5.47. The van der Waals surface area contributed by atoms with Gasteiger partial charge in [0.25, 0.3) is 0 Å². The number of hydrogen-bond acceptors (Lipinski definition) is 3. The highest BCUT2D eigenvalue weighted by Gasteiger charge is 2.35. The zero-order chi connectivity index (χ0) is 20.0. The fourth-order valence-corrected chi connectivity index (χ4v) is 2.51. The summed E-state index contributed by atoms with van der Waals surface area (Å²) in [7, 11) is 1.52. The van der Waals surface area contributed by atoms with Crippen LogP contribution in [0.2, 0.25) is 0 Å². The quantitative estimate of drug-likeness (QED) is 0.821. The number of ether oxygens (including phenoxy) is 1. The molecule has 2 aromatic carbocycles. The summed E-state index contributed by atoms with van der Waals surface area (Å²) in [4.78, 5) is 24.9. The minimum Gasteiger partial charge on any atom is -0.497 e. The molecule has 0 atom stereocenters. The first-order valence-corrected chi connectivity index (χ1v) is 8.10. The maximum Gasteiger partial charge on any atom is 0.418 e. The Bertz CT molecular complexity index is 805. The van der Waals surface area contributed by atoms with E-state index in [1.54, 1.807) is 24.3 Å². The van der Waals surface area contributed by atoms with Gasteiger partial charge in [0.2, 0.25) is 11.8 Å². The Morgan fingerprint density at radius 1 is 1.07 bits per heavy atom. The number of carbonyl (C=O) groups excluding carboxylic acids is 2. The molecule has 8 heteroatoms. The Morgan fingerprint density at radius 3 is 2.26 bits per heavy atom. The third-order valence-corrected chi connectivity index (χ3v) is 3.82. The van der Waals surface area contributed by atoms with Gasteiger partial charge >= 0.3 is 6.18 Å². The molecular weight excluding hydrogens is 361 g/mol. The summed E-state index contributed by atoms with van der Waals surface area (Å²) in [5.41, 5.74) is -0.670. The van der Waals surface area contributed by atoms with Gasteiger partial charge in [-0.15, -0.1) is 0 Å². The van der Waals surface area contributed by atoms with E-state index in [2.05, 4.69) is 5.32 Å². The van der Waals surface area contributed by atoms with Crippen LogP contribution in [0.1, 0.15) is 18.9 Å². The Balaban J connectivity index is 2.09. The zero-order valence-corrected chi connectivity index (χ0v) is 14.8. The predicted molar refractivity (Wildman–Crippen MR) is 95.7 cm³/mol. The van der Waals surface area contributed by atoms with E-state index in [1.807, 2.05) is 0 Å². The lowest BCUT2D eigenvalue weighted by molar-refractivity contribution is -0.137. The minimum atomic E-state index is -4.60. The second kappa shape index (κ2) is 8.57. The van der Waals surface area contributed by atoms with Crippen LogP contribution in [-0.2, 0) is 15.8 Å². The van der Waals surface area contributed by atoms with Crippen molar-refractivity contribution < 1.29 is 27.5 Å². The molecule has 0 radical (unpaired) electrons. The van der Waals surface area contributed by atoms with Crippen molar-refractivity contribution in [2.45, 2.75) is 19.5 Å². The molecule has 0 fully saturated rings. The molecule has 5 nitrogen and oxygen atoms in total. The van der Waals surface area contributed by atoms with Gasteiger partial charge in [-0.1, -0.05) is 12.1 Å². The van der Waals surface area contributed by atoms with Crippen molar-refractivity contribution in [3.63, 3.8) is 0 Å². The third-order valence-electron chi connectivity index (χ3n) is 3.82. The molecular formula is C19H19F3N2O3. The number of nitrogens with one attached hydrogen (secondary N) is 1. The Labute approximate surface area is 154 Å². The van der Waals surface area contributed by atoms with Crippen LogP contribution in [0.4, 0.5) is 24.5 Å². The molecule has 144 valence electrons. The number of alkyl halides is 3. The number of anilines is 2. The van der Waals surface area contributed by atoms with Gasteiger partial charge in [-0.05, 0) is 36.4 Å². The lowest BCUT2D eigenvalue weighted by Crippen LogP contribution is -2.33. The standard InChI is InChI=1S/C19H19F3N2O3/c1-13(25)24(17-6-4-3-5-16(17)19(20,21)22)12-11-18(26)23-14-7-9-15(27-2)10-8-14/h3-10H,11-12H2,1-2H3,(H,23,26). The molecule has 0 aromatic heterocycles. The highest BCUT2D eigenvalue weighted by atomic mass is 19.4. The van der Waals surface area contributed by atoms with Crippen molar-refractivity contribution in [2.24, 2.45) is 0 Å². The first-order valence-electron chi connectivity index (χ1n) is 8.10. The highest BCUT2D eigenvalue weighted by Crippen LogP contribution is 2.36. The van der Waals surface area contributed by atoms with Gasteiger partial charge in [0, 0.05) is 25.6 Å². The minimum absolute atomic E-state index is 0.155. The number of amides is 2. The van der Waals surface area contributed by atoms with E-state index in [0.717, 1.165) is 17.9 Å². The Morgan fingerprint density at radius 2 is 1.70 bits per heavy atom. The number of rotatable bonds is 6. The molecule has 0 saturated carbocycles. The van der Waals surface area contributed by atoms with Crippen LogP contribution in [0.15, 0.2) is 48.5 Å². The van der Waals surface area contributed by atoms with Crippen LogP contribution >= 0.6 is 0 Å². The largest absolute Gasteiger partial charge is 0.497 e. The number of halogens is 3. The van der Waals surface area contributed by atoms with Crippen molar-refractivity contribution in [1.82, 2.24) is 0 Å². The predicted octanol–water partition coefficient (Wildman–Crippen LogP) is 4.10. The normalized spacial score (nSPS) is 11.0. The van der Waals surface area contributed by atoms with Gasteiger partial charge in [-0.2, -0.15) is 13.2 Å². The van der Waals surface area contributed by atoms with E-state index in [0.29, 0.717) is 11.4 Å². The summed E-state index contributed by atoms with van der Waals surface area (Å²) in [6.45, 7) is 0.985. The topological polar surface area (TPSA) is 58.6 Å². The average Bonchev–Trinajstić information content (AvgIpc) is 2.62. The van der Waals surface area contributed by atoms with E-state index in [9.17, 15) is 22.8 Å². The molecule has 0 heterocycles. The molecule has 1 N–H and O–H groups in total.